The molecular weight excluding hydrogens is 345 g/mol. The van der Waals surface area contributed by atoms with Gasteiger partial charge in [0, 0.05) is 28.4 Å². The second-order valence-electron chi connectivity index (χ2n) is 4.13. The molecule has 0 saturated heterocycles. The maximum absolute atomic E-state index is 9.24. The largest absolute Gasteiger partial charge is 0.396 e. The highest BCUT2D eigenvalue weighted by Gasteiger charge is 2.21. The SMILES string of the molecule is N#Cc1sc(-c2cc(Cl)sc2Cl)c(-c2ccncc2)c1N. The minimum Gasteiger partial charge on any atom is -0.396 e. The Kier molecular flexibility index (Phi) is 3.87. The van der Waals surface area contributed by atoms with E-state index in [0.29, 0.717) is 19.2 Å². The Morgan fingerprint density at radius 2 is 1.90 bits per heavy atom. The molecule has 0 aliphatic rings. The summed E-state index contributed by atoms with van der Waals surface area (Å²) in [7, 11) is 0. The molecule has 7 heteroatoms. The van der Waals surface area contributed by atoms with Gasteiger partial charge in [0.15, 0.2) is 0 Å². The third kappa shape index (κ3) is 2.52. The molecule has 0 spiro atoms. The number of aromatic nitrogens is 1. The van der Waals surface area contributed by atoms with Gasteiger partial charge in [-0.25, -0.2) is 0 Å². The Morgan fingerprint density at radius 3 is 2.48 bits per heavy atom. The predicted octanol–water partition coefficient (Wildman–Crippen LogP) is 5.30. The minimum atomic E-state index is 0.460. The molecule has 104 valence electrons. The van der Waals surface area contributed by atoms with E-state index in [1.807, 2.05) is 12.1 Å². The van der Waals surface area contributed by atoms with Crippen molar-refractivity contribution in [2.45, 2.75) is 0 Å². The van der Waals surface area contributed by atoms with Crippen LogP contribution < -0.4 is 5.73 Å². The van der Waals surface area contributed by atoms with E-state index in [1.165, 1.54) is 22.7 Å². The molecule has 0 aromatic carbocycles. The number of hydrogen-bond acceptors (Lipinski definition) is 5. The maximum Gasteiger partial charge on any atom is 0.129 e. The summed E-state index contributed by atoms with van der Waals surface area (Å²) >= 11 is 14.9. The van der Waals surface area contributed by atoms with Crippen LogP contribution in [0.5, 0.6) is 0 Å². The summed E-state index contributed by atoms with van der Waals surface area (Å²) in [4.78, 5) is 5.32. The van der Waals surface area contributed by atoms with Gasteiger partial charge in [0.2, 0.25) is 0 Å². The molecule has 2 N–H and O–H groups in total. The summed E-state index contributed by atoms with van der Waals surface area (Å²) < 4.78 is 1.18. The van der Waals surface area contributed by atoms with Gasteiger partial charge in [-0.15, -0.1) is 22.7 Å². The van der Waals surface area contributed by atoms with E-state index >= 15 is 0 Å². The zero-order valence-corrected chi connectivity index (χ0v) is 13.6. The van der Waals surface area contributed by atoms with Crippen molar-refractivity contribution in [3.63, 3.8) is 0 Å². The van der Waals surface area contributed by atoms with Crippen LogP contribution >= 0.6 is 45.9 Å². The van der Waals surface area contributed by atoms with Crippen LogP contribution in [0.3, 0.4) is 0 Å². The van der Waals surface area contributed by atoms with Crippen LogP contribution in [0, 0.1) is 11.3 Å². The molecule has 0 radical (unpaired) electrons. The normalized spacial score (nSPS) is 10.5. The molecule has 3 rings (SSSR count). The van der Waals surface area contributed by atoms with Gasteiger partial charge < -0.3 is 5.73 Å². The molecule has 0 fully saturated rings. The summed E-state index contributed by atoms with van der Waals surface area (Å²) in [5.41, 5.74) is 9.10. The van der Waals surface area contributed by atoms with Gasteiger partial charge in [0.05, 0.1) is 10.0 Å². The van der Waals surface area contributed by atoms with Crippen molar-refractivity contribution in [3.8, 4) is 27.6 Å². The molecule has 0 atom stereocenters. The number of rotatable bonds is 2. The van der Waals surface area contributed by atoms with Gasteiger partial charge in [0.1, 0.15) is 15.3 Å². The second-order valence-corrected chi connectivity index (χ2v) is 7.44. The van der Waals surface area contributed by atoms with Crippen molar-refractivity contribution in [2.24, 2.45) is 0 Å². The molecule has 3 heterocycles. The van der Waals surface area contributed by atoms with Crippen molar-refractivity contribution >= 4 is 51.6 Å². The van der Waals surface area contributed by atoms with E-state index in [0.717, 1.165) is 21.6 Å². The number of thiophene rings is 2. The van der Waals surface area contributed by atoms with Crippen LogP contribution in [0.4, 0.5) is 5.69 Å². The van der Waals surface area contributed by atoms with Gasteiger partial charge in [-0.05, 0) is 23.8 Å². The topological polar surface area (TPSA) is 62.7 Å². The molecular formula is C14H7Cl2N3S2. The molecule has 0 aliphatic carbocycles. The molecule has 3 nitrogen and oxygen atoms in total. The molecule has 3 aromatic heterocycles. The number of nitriles is 1. The summed E-state index contributed by atoms with van der Waals surface area (Å²) in [6.45, 7) is 0. The quantitative estimate of drug-likeness (QED) is 0.681. The van der Waals surface area contributed by atoms with Gasteiger partial charge in [-0.1, -0.05) is 23.2 Å². The van der Waals surface area contributed by atoms with Crippen molar-refractivity contribution in [1.82, 2.24) is 4.98 Å². The van der Waals surface area contributed by atoms with Gasteiger partial charge >= 0.3 is 0 Å². The van der Waals surface area contributed by atoms with Gasteiger partial charge in [-0.3, -0.25) is 4.98 Å². The van der Waals surface area contributed by atoms with Gasteiger partial charge in [-0.2, -0.15) is 5.26 Å². The number of nitrogens with zero attached hydrogens (tertiary/aromatic N) is 2. The van der Waals surface area contributed by atoms with Crippen molar-refractivity contribution in [2.75, 3.05) is 5.73 Å². The average molecular weight is 352 g/mol. The van der Waals surface area contributed by atoms with Crippen LogP contribution in [0.1, 0.15) is 4.88 Å². The lowest BCUT2D eigenvalue weighted by atomic mass is 10.0. The van der Waals surface area contributed by atoms with E-state index in [-0.39, 0.29) is 0 Å². The van der Waals surface area contributed by atoms with Crippen molar-refractivity contribution in [1.29, 1.82) is 5.26 Å². The van der Waals surface area contributed by atoms with Crippen LogP contribution in [0.2, 0.25) is 8.67 Å². The first-order chi connectivity index (χ1) is 10.1. The Morgan fingerprint density at radius 1 is 1.19 bits per heavy atom. The minimum absolute atomic E-state index is 0.460. The third-order valence-corrected chi connectivity index (χ3v) is 5.55. The molecule has 21 heavy (non-hydrogen) atoms. The standard InChI is InChI=1S/C14H7Cl2N3S2/c15-10-5-8(14(16)21-10)13-11(7-1-3-19-4-2-7)12(18)9(6-17)20-13/h1-5H,18H2. The lowest BCUT2D eigenvalue weighted by Gasteiger charge is -2.04. The fourth-order valence-corrected chi connectivity index (χ4v) is 4.68. The highest BCUT2D eigenvalue weighted by Crippen LogP contribution is 2.49. The zero-order chi connectivity index (χ0) is 15.0. The number of nitrogens with two attached hydrogens (primary N) is 1. The number of hydrogen-bond donors (Lipinski definition) is 1. The Labute approximate surface area is 139 Å². The van der Waals surface area contributed by atoms with Crippen molar-refractivity contribution < 1.29 is 0 Å². The number of halogens is 2. The fraction of sp³-hybridized carbons (Fsp3) is 0. The lowest BCUT2D eigenvalue weighted by Crippen LogP contribution is -1.89. The van der Waals surface area contributed by atoms with Crippen LogP contribution in [0.15, 0.2) is 30.6 Å². The zero-order valence-electron chi connectivity index (χ0n) is 10.4. The first-order valence-electron chi connectivity index (χ1n) is 5.79. The number of anilines is 1. The molecule has 0 amide bonds. The smallest absolute Gasteiger partial charge is 0.129 e. The molecule has 0 unspecified atom stereocenters. The highest BCUT2D eigenvalue weighted by atomic mass is 35.5. The second kappa shape index (κ2) is 5.66. The maximum atomic E-state index is 9.24. The van der Waals surface area contributed by atoms with Crippen LogP contribution in [0.25, 0.3) is 21.6 Å². The van der Waals surface area contributed by atoms with Gasteiger partial charge in [0.25, 0.3) is 0 Å². The van der Waals surface area contributed by atoms with Crippen molar-refractivity contribution in [3.05, 3.63) is 44.1 Å². The van der Waals surface area contributed by atoms with E-state index in [4.69, 9.17) is 28.9 Å². The van der Waals surface area contributed by atoms with Crippen LogP contribution in [-0.4, -0.2) is 4.98 Å². The molecule has 0 saturated carbocycles. The predicted molar refractivity (Wildman–Crippen MR) is 90.0 cm³/mol. The first kappa shape index (κ1) is 14.4. The summed E-state index contributed by atoms with van der Waals surface area (Å²) in [6.07, 6.45) is 3.37. The van der Waals surface area contributed by atoms with E-state index in [9.17, 15) is 5.26 Å². The Hall–Kier alpha value is -1.58. The summed E-state index contributed by atoms with van der Waals surface area (Å²) in [6, 6.07) is 7.63. The molecule has 3 aromatic rings. The lowest BCUT2D eigenvalue weighted by molar-refractivity contribution is 1.33. The fourth-order valence-electron chi connectivity index (χ4n) is 2.02. The van der Waals surface area contributed by atoms with E-state index < -0.39 is 0 Å². The first-order valence-corrected chi connectivity index (χ1v) is 8.18. The summed E-state index contributed by atoms with van der Waals surface area (Å²) in [5.74, 6) is 0. The number of pyridine rings is 1. The number of nitrogen functional groups attached to an aromatic ring is 1. The highest BCUT2D eigenvalue weighted by molar-refractivity contribution is 7.22. The van der Waals surface area contributed by atoms with E-state index in [2.05, 4.69) is 11.1 Å². The average Bonchev–Trinajstić information content (AvgIpc) is 2.99. The Balaban J connectivity index is 2.31. The monoisotopic (exact) mass is 351 g/mol. The molecule has 0 bridgehead atoms. The summed E-state index contributed by atoms with van der Waals surface area (Å²) in [5, 5.41) is 9.24. The molecule has 0 aliphatic heterocycles. The van der Waals surface area contributed by atoms with E-state index in [1.54, 1.807) is 18.5 Å². The third-order valence-electron chi connectivity index (χ3n) is 2.92. The van der Waals surface area contributed by atoms with Crippen LogP contribution in [-0.2, 0) is 0 Å². The Bertz CT molecular complexity index is 847.